The van der Waals surface area contributed by atoms with Crippen LogP contribution in [-0.2, 0) is 6.54 Å². The van der Waals surface area contributed by atoms with Crippen LogP contribution in [0.1, 0.15) is 5.69 Å². The first-order valence-corrected chi connectivity index (χ1v) is 7.29. The summed E-state index contributed by atoms with van der Waals surface area (Å²) in [6.45, 7) is 0.629. The maximum Gasteiger partial charge on any atom is 0.165 e. The van der Waals surface area contributed by atoms with Crippen LogP contribution in [0, 0.1) is 0 Å². The Morgan fingerprint density at radius 1 is 0.913 bits per heavy atom. The minimum atomic E-state index is 0.629. The van der Waals surface area contributed by atoms with E-state index in [-0.39, 0.29) is 0 Å². The van der Waals surface area contributed by atoms with Gasteiger partial charge in [0.25, 0.3) is 0 Å². The monoisotopic (exact) mass is 302 g/mol. The highest BCUT2D eigenvalue weighted by atomic mass is 15.3. The first-order chi connectivity index (χ1) is 11.4. The molecule has 6 nitrogen and oxygen atoms in total. The van der Waals surface area contributed by atoms with Gasteiger partial charge in [0, 0.05) is 30.4 Å². The number of hydrogen-bond acceptors (Lipinski definition) is 5. The number of fused-ring (bicyclic) bond motifs is 1. The van der Waals surface area contributed by atoms with E-state index in [9.17, 15) is 0 Å². The number of nitrogens with one attached hydrogen (secondary N) is 1. The van der Waals surface area contributed by atoms with E-state index in [1.54, 1.807) is 29.3 Å². The van der Waals surface area contributed by atoms with Gasteiger partial charge in [-0.15, -0.1) is 0 Å². The molecule has 4 rings (SSSR count). The van der Waals surface area contributed by atoms with E-state index in [2.05, 4.69) is 25.4 Å². The fourth-order valence-electron chi connectivity index (χ4n) is 2.44. The second kappa shape index (κ2) is 5.84. The second-order valence-electron chi connectivity index (χ2n) is 5.03. The van der Waals surface area contributed by atoms with Crippen molar-refractivity contribution in [1.29, 1.82) is 0 Å². The van der Waals surface area contributed by atoms with Gasteiger partial charge < -0.3 is 5.32 Å². The molecule has 0 spiro atoms. The smallest absolute Gasteiger partial charge is 0.165 e. The van der Waals surface area contributed by atoms with Crippen LogP contribution >= 0.6 is 0 Å². The van der Waals surface area contributed by atoms with Crippen LogP contribution in [0.4, 0.5) is 5.82 Å². The SMILES string of the molecule is c1ccc(CNc2ccnc3c(-c4ccncc4)cnn23)nc1. The molecule has 6 heteroatoms. The Morgan fingerprint density at radius 3 is 2.65 bits per heavy atom. The van der Waals surface area contributed by atoms with Crippen molar-refractivity contribution in [2.75, 3.05) is 5.32 Å². The molecule has 0 aliphatic heterocycles. The normalized spacial score (nSPS) is 10.8. The zero-order chi connectivity index (χ0) is 15.5. The maximum atomic E-state index is 4.46. The largest absolute Gasteiger partial charge is 0.364 e. The van der Waals surface area contributed by atoms with E-state index in [1.807, 2.05) is 42.6 Å². The highest BCUT2D eigenvalue weighted by Gasteiger charge is 2.10. The van der Waals surface area contributed by atoms with Crippen LogP contribution in [0.5, 0.6) is 0 Å². The number of anilines is 1. The van der Waals surface area contributed by atoms with Crippen molar-refractivity contribution in [2.24, 2.45) is 0 Å². The van der Waals surface area contributed by atoms with Crippen LogP contribution in [-0.4, -0.2) is 24.6 Å². The highest BCUT2D eigenvalue weighted by Crippen LogP contribution is 2.24. The first-order valence-electron chi connectivity index (χ1n) is 7.29. The number of hydrogen-bond donors (Lipinski definition) is 1. The summed E-state index contributed by atoms with van der Waals surface area (Å²) >= 11 is 0. The summed E-state index contributed by atoms with van der Waals surface area (Å²) in [6, 6.07) is 11.7. The van der Waals surface area contributed by atoms with Crippen LogP contribution in [0.3, 0.4) is 0 Å². The molecule has 1 N–H and O–H groups in total. The standard InChI is InChI=1S/C17H14N6/c1-2-7-19-14(3-1)11-21-16-6-10-20-17-15(12-22-23(16)17)13-4-8-18-9-5-13/h1-10,12,21H,11H2. The molecule has 0 saturated carbocycles. The molecule has 0 aliphatic carbocycles. The highest BCUT2D eigenvalue weighted by molar-refractivity contribution is 5.77. The van der Waals surface area contributed by atoms with Crippen molar-refractivity contribution in [3.8, 4) is 11.1 Å². The molecule has 0 fully saturated rings. The molecule has 0 saturated heterocycles. The molecule has 23 heavy (non-hydrogen) atoms. The Morgan fingerprint density at radius 2 is 1.83 bits per heavy atom. The van der Waals surface area contributed by atoms with Gasteiger partial charge in [0.15, 0.2) is 5.65 Å². The van der Waals surface area contributed by atoms with Gasteiger partial charge in [0.05, 0.1) is 18.4 Å². The molecule has 0 bridgehead atoms. The van der Waals surface area contributed by atoms with E-state index < -0.39 is 0 Å². The predicted octanol–water partition coefficient (Wildman–Crippen LogP) is 2.80. The fourth-order valence-corrected chi connectivity index (χ4v) is 2.44. The summed E-state index contributed by atoms with van der Waals surface area (Å²) in [5.74, 6) is 0.876. The van der Waals surface area contributed by atoms with Crippen molar-refractivity contribution < 1.29 is 0 Å². The van der Waals surface area contributed by atoms with Gasteiger partial charge in [-0.1, -0.05) is 6.07 Å². The van der Waals surface area contributed by atoms with E-state index >= 15 is 0 Å². The minimum Gasteiger partial charge on any atom is -0.364 e. The molecule has 112 valence electrons. The van der Waals surface area contributed by atoms with Crippen LogP contribution < -0.4 is 5.32 Å². The molecule has 4 aromatic rings. The van der Waals surface area contributed by atoms with Crippen molar-refractivity contribution in [3.63, 3.8) is 0 Å². The summed E-state index contributed by atoms with van der Waals surface area (Å²) < 4.78 is 1.80. The van der Waals surface area contributed by atoms with Gasteiger partial charge in [0.2, 0.25) is 0 Å². The van der Waals surface area contributed by atoms with Crippen LogP contribution in [0.2, 0.25) is 0 Å². The van der Waals surface area contributed by atoms with Crippen molar-refractivity contribution >= 4 is 11.5 Å². The Bertz CT molecular complexity index is 918. The third kappa shape index (κ3) is 2.62. The van der Waals surface area contributed by atoms with Gasteiger partial charge in [0.1, 0.15) is 5.82 Å². The second-order valence-corrected chi connectivity index (χ2v) is 5.03. The Kier molecular flexibility index (Phi) is 3.40. The van der Waals surface area contributed by atoms with E-state index in [0.717, 1.165) is 28.3 Å². The van der Waals surface area contributed by atoms with Crippen molar-refractivity contribution in [2.45, 2.75) is 6.54 Å². The van der Waals surface area contributed by atoms with Crippen molar-refractivity contribution in [1.82, 2.24) is 24.6 Å². The summed E-state index contributed by atoms with van der Waals surface area (Å²) in [5, 5.41) is 7.81. The predicted molar refractivity (Wildman–Crippen MR) is 87.8 cm³/mol. The first kappa shape index (κ1) is 13.4. The van der Waals surface area contributed by atoms with Gasteiger partial charge in [-0.2, -0.15) is 9.61 Å². The molecule has 4 heterocycles. The van der Waals surface area contributed by atoms with Gasteiger partial charge in [-0.05, 0) is 35.9 Å². The minimum absolute atomic E-state index is 0.629. The molecule has 4 aromatic heterocycles. The molecule has 0 aliphatic rings. The summed E-state index contributed by atoms with van der Waals surface area (Å²) in [4.78, 5) is 12.8. The van der Waals surface area contributed by atoms with Crippen LogP contribution in [0.25, 0.3) is 16.8 Å². The summed E-state index contributed by atoms with van der Waals surface area (Å²) in [6.07, 6.45) is 8.92. The average Bonchev–Trinajstić information content (AvgIpc) is 3.06. The summed E-state index contributed by atoms with van der Waals surface area (Å²) in [5.41, 5.74) is 3.81. The molecule has 0 unspecified atom stereocenters. The lowest BCUT2D eigenvalue weighted by atomic mass is 10.1. The molecule has 0 amide bonds. The lowest BCUT2D eigenvalue weighted by Gasteiger charge is -2.07. The zero-order valence-electron chi connectivity index (χ0n) is 12.3. The number of nitrogens with zero attached hydrogens (tertiary/aromatic N) is 5. The Labute approximate surface area is 132 Å². The van der Waals surface area contributed by atoms with Gasteiger partial charge in [-0.3, -0.25) is 9.97 Å². The van der Waals surface area contributed by atoms with Gasteiger partial charge in [-0.25, -0.2) is 4.98 Å². The Hall–Kier alpha value is -3.28. The third-order valence-corrected chi connectivity index (χ3v) is 3.57. The van der Waals surface area contributed by atoms with Crippen molar-refractivity contribution in [3.05, 3.63) is 73.1 Å². The van der Waals surface area contributed by atoms with E-state index in [1.165, 1.54) is 0 Å². The number of pyridine rings is 2. The fraction of sp³-hybridized carbons (Fsp3) is 0.0588. The zero-order valence-corrected chi connectivity index (χ0v) is 12.3. The van der Waals surface area contributed by atoms with Crippen LogP contribution in [0.15, 0.2) is 67.4 Å². The van der Waals surface area contributed by atoms with Gasteiger partial charge >= 0.3 is 0 Å². The molecule has 0 atom stereocenters. The maximum absolute atomic E-state index is 4.46. The number of rotatable bonds is 4. The van der Waals surface area contributed by atoms with E-state index in [0.29, 0.717) is 6.54 Å². The molecular weight excluding hydrogens is 288 g/mol. The lowest BCUT2D eigenvalue weighted by molar-refractivity contribution is 0.917. The molecule has 0 aromatic carbocycles. The molecular formula is C17H14N6. The lowest BCUT2D eigenvalue weighted by Crippen LogP contribution is -2.06. The van der Waals surface area contributed by atoms with E-state index in [4.69, 9.17) is 0 Å². The Balaban J connectivity index is 1.68. The summed E-state index contributed by atoms with van der Waals surface area (Å²) in [7, 11) is 0. The average molecular weight is 302 g/mol. The quantitative estimate of drug-likeness (QED) is 0.628. The number of aromatic nitrogens is 5. The molecule has 0 radical (unpaired) electrons. The third-order valence-electron chi connectivity index (χ3n) is 3.57. The topological polar surface area (TPSA) is 68.0 Å².